The maximum absolute atomic E-state index is 12.5. The summed E-state index contributed by atoms with van der Waals surface area (Å²) in [5, 5.41) is 3.22. The van der Waals surface area contributed by atoms with E-state index in [0.29, 0.717) is 35.1 Å². The number of carbonyl (C=O) groups excluding carboxylic acids is 1. The molecule has 0 atom stereocenters. The summed E-state index contributed by atoms with van der Waals surface area (Å²) in [6.45, 7) is 1.20. The van der Waals surface area contributed by atoms with Crippen LogP contribution in [0.2, 0.25) is 5.02 Å². The Labute approximate surface area is 169 Å². The Kier molecular flexibility index (Phi) is 6.55. The van der Waals surface area contributed by atoms with Gasteiger partial charge in [0.2, 0.25) is 0 Å². The van der Waals surface area contributed by atoms with Crippen molar-refractivity contribution in [2.75, 3.05) is 20.8 Å². The summed E-state index contributed by atoms with van der Waals surface area (Å²) in [6.07, 6.45) is 4.33. The summed E-state index contributed by atoms with van der Waals surface area (Å²) < 4.78 is 12.5. The van der Waals surface area contributed by atoms with Crippen molar-refractivity contribution >= 4 is 17.5 Å². The molecule has 0 saturated heterocycles. The molecule has 0 radical (unpaired) electrons. The van der Waals surface area contributed by atoms with Crippen molar-refractivity contribution < 1.29 is 14.3 Å². The minimum absolute atomic E-state index is 0.232. The third kappa shape index (κ3) is 4.64. The van der Waals surface area contributed by atoms with E-state index < -0.39 is 0 Å². The van der Waals surface area contributed by atoms with E-state index in [2.05, 4.69) is 27.0 Å². The van der Waals surface area contributed by atoms with Crippen LogP contribution in [0.4, 0.5) is 0 Å². The van der Waals surface area contributed by atoms with Gasteiger partial charge in [-0.25, -0.2) is 4.98 Å². The first-order valence-electron chi connectivity index (χ1n) is 8.86. The summed E-state index contributed by atoms with van der Waals surface area (Å²) in [4.78, 5) is 16.9. The molecule has 0 aliphatic heterocycles. The second kappa shape index (κ2) is 9.28. The minimum atomic E-state index is -0.232. The highest BCUT2D eigenvalue weighted by atomic mass is 35.5. The fourth-order valence-corrected chi connectivity index (χ4v) is 3.22. The van der Waals surface area contributed by atoms with Crippen LogP contribution < -0.4 is 14.8 Å². The Morgan fingerprint density at radius 3 is 2.68 bits per heavy atom. The third-order valence-corrected chi connectivity index (χ3v) is 4.61. The fourth-order valence-electron chi connectivity index (χ4n) is 2.93. The first kappa shape index (κ1) is 19.8. The Hall–Kier alpha value is -2.99. The third-order valence-electron chi connectivity index (χ3n) is 4.33. The van der Waals surface area contributed by atoms with E-state index in [9.17, 15) is 4.79 Å². The molecule has 0 fully saturated rings. The Balaban J connectivity index is 1.61. The zero-order chi connectivity index (χ0) is 19.9. The number of hydrogen-bond acceptors (Lipinski definition) is 4. The zero-order valence-corrected chi connectivity index (χ0v) is 16.6. The Morgan fingerprint density at radius 2 is 1.96 bits per heavy atom. The molecule has 28 heavy (non-hydrogen) atoms. The van der Waals surface area contributed by atoms with E-state index in [1.807, 2.05) is 24.4 Å². The predicted molar refractivity (Wildman–Crippen MR) is 108 cm³/mol. The highest BCUT2D eigenvalue weighted by Gasteiger charge is 2.15. The lowest BCUT2D eigenvalue weighted by Gasteiger charge is -2.12. The lowest BCUT2D eigenvalue weighted by atomic mass is 10.2. The van der Waals surface area contributed by atoms with Gasteiger partial charge in [0.05, 0.1) is 19.2 Å². The number of methoxy groups -OCH3 is 2. The zero-order valence-electron chi connectivity index (χ0n) is 15.8. The number of ether oxygens (including phenoxy) is 2. The summed E-state index contributed by atoms with van der Waals surface area (Å²) in [5.41, 5.74) is 1.61. The van der Waals surface area contributed by atoms with Gasteiger partial charge < -0.3 is 19.4 Å². The molecule has 1 aromatic heterocycles. The van der Waals surface area contributed by atoms with E-state index in [1.165, 1.54) is 19.8 Å². The smallest absolute Gasteiger partial charge is 0.251 e. The maximum atomic E-state index is 12.5. The lowest BCUT2D eigenvalue weighted by molar-refractivity contribution is 0.0953. The van der Waals surface area contributed by atoms with Crippen LogP contribution in [0.25, 0.3) is 0 Å². The monoisotopic (exact) mass is 399 g/mol. The average molecular weight is 400 g/mol. The molecule has 0 aliphatic rings. The van der Waals surface area contributed by atoms with Gasteiger partial charge in [0.1, 0.15) is 5.82 Å². The molecular formula is C21H22ClN3O3. The molecule has 0 saturated carbocycles. The number of nitrogens with zero attached hydrogens (tertiary/aromatic N) is 2. The van der Waals surface area contributed by atoms with Gasteiger partial charge in [0.25, 0.3) is 5.91 Å². The SMILES string of the molecule is COc1cc(C(=O)NCCc2nccn2Cc2ccccc2)cc(Cl)c1OC. The molecule has 146 valence electrons. The number of hydrogen-bond donors (Lipinski definition) is 1. The molecule has 3 aromatic rings. The van der Waals surface area contributed by atoms with Crippen LogP contribution in [0, 0.1) is 0 Å². The molecule has 1 amide bonds. The van der Waals surface area contributed by atoms with Crippen LogP contribution in [0.1, 0.15) is 21.7 Å². The molecule has 1 heterocycles. The molecule has 6 nitrogen and oxygen atoms in total. The lowest BCUT2D eigenvalue weighted by Crippen LogP contribution is -2.26. The highest BCUT2D eigenvalue weighted by molar-refractivity contribution is 6.32. The van der Waals surface area contributed by atoms with Gasteiger partial charge in [0, 0.05) is 37.5 Å². The number of carbonyl (C=O) groups is 1. The van der Waals surface area contributed by atoms with Crippen LogP contribution in [0.5, 0.6) is 11.5 Å². The van der Waals surface area contributed by atoms with E-state index >= 15 is 0 Å². The highest BCUT2D eigenvalue weighted by Crippen LogP contribution is 2.35. The first-order chi connectivity index (χ1) is 13.6. The number of rotatable bonds is 8. The number of nitrogens with one attached hydrogen (secondary N) is 1. The van der Waals surface area contributed by atoms with Gasteiger partial charge in [-0.2, -0.15) is 0 Å². The van der Waals surface area contributed by atoms with Gasteiger partial charge in [0.15, 0.2) is 11.5 Å². The van der Waals surface area contributed by atoms with E-state index in [-0.39, 0.29) is 5.91 Å². The predicted octanol–water partition coefficient (Wildman–Crippen LogP) is 3.57. The summed E-state index contributed by atoms with van der Waals surface area (Å²) in [5.74, 6) is 1.50. The second-order valence-electron chi connectivity index (χ2n) is 6.16. The van der Waals surface area contributed by atoms with Crippen LogP contribution >= 0.6 is 11.6 Å². The van der Waals surface area contributed by atoms with E-state index in [1.54, 1.807) is 18.3 Å². The number of amides is 1. The summed E-state index contributed by atoms with van der Waals surface area (Å²) in [7, 11) is 3.00. The number of halogens is 1. The molecule has 0 spiro atoms. The van der Waals surface area contributed by atoms with Crippen LogP contribution in [0.3, 0.4) is 0 Å². The Morgan fingerprint density at radius 1 is 1.18 bits per heavy atom. The summed E-state index contributed by atoms with van der Waals surface area (Å²) >= 11 is 6.17. The van der Waals surface area contributed by atoms with Gasteiger partial charge in [-0.05, 0) is 17.7 Å². The van der Waals surface area contributed by atoms with Gasteiger partial charge in [-0.1, -0.05) is 41.9 Å². The maximum Gasteiger partial charge on any atom is 0.251 e. The van der Waals surface area contributed by atoms with Gasteiger partial charge in [-0.15, -0.1) is 0 Å². The summed E-state index contributed by atoms with van der Waals surface area (Å²) in [6, 6.07) is 13.3. The second-order valence-corrected chi connectivity index (χ2v) is 6.56. The minimum Gasteiger partial charge on any atom is -0.493 e. The molecule has 0 unspecified atom stereocenters. The van der Waals surface area contributed by atoms with Crippen LogP contribution in [-0.4, -0.2) is 36.2 Å². The number of benzene rings is 2. The van der Waals surface area contributed by atoms with Crippen molar-refractivity contribution in [3.8, 4) is 11.5 Å². The van der Waals surface area contributed by atoms with Crippen molar-refractivity contribution in [3.05, 3.63) is 76.8 Å². The molecule has 3 rings (SSSR count). The average Bonchev–Trinajstić information content (AvgIpc) is 3.14. The van der Waals surface area contributed by atoms with Crippen molar-refractivity contribution in [2.24, 2.45) is 0 Å². The van der Waals surface area contributed by atoms with Crippen molar-refractivity contribution in [2.45, 2.75) is 13.0 Å². The van der Waals surface area contributed by atoms with Gasteiger partial charge in [-0.3, -0.25) is 4.79 Å². The largest absolute Gasteiger partial charge is 0.493 e. The molecule has 2 aromatic carbocycles. The van der Waals surface area contributed by atoms with E-state index in [4.69, 9.17) is 21.1 Å². The molecule has 0 aliphatic carbocycles. The van der Waals surface area contributed by atoms with Crippen molar-refractivity contribution in [3.63, 3.8) is 0 Å². The Bertz CT molecular complexity index is 941. The quantitative estimate of drug-likeness (QED) is 0.628. The number of imidazole rings is 1. The molecule has 7 heteroatoms. The normalized spacial score (nSPS) is 10.5. The van der Waals surface area contributed by atoms with Gasteiger partial charge >= 0.3 is 0 Å². The molecule has 1 N–H and O–H groups in total. The number of aromatic nitrogens is 2. The van der Waals surface area contributed by atoms with Crippen molar-refractivity contribution in [1.29, 1.82) is 0 Å². The van der Waals surface area contributed by atoms with Crippen LogP contribution in [0.15, 0.2) is 54.9 Å². The fraction of sp³-hybridized carbons (Fsp3) is 0.238. The van der Waals surface area contributed by atoms with E-state index in [0.717, 1.165) is 12.4 Å². The first-order valence-corrected chi connectivity index (χ1v) is 9.24. The standard InChI is InChI=1S/C21H22ClN3O3/c1-27-18-13-16(12-17(22)20(18)28-2)21(26)24-9-8-19-23-10-11-25(19)14-15-6-4-3-5-7-15/h3-7,10-13H,8-9,14H2,1-2H3,(H,24,26). The molecular weight excluding hydrogens is 378 g/mol. The van der Waals surface area contributed by atoms with Crippen LogP contribution in [-0.2, 0) is 13.0 Å². The van der Waals surface area contributed by atoms with Crippen molar-refractivity contribution in [1.82, 2.24) is 14.9 Å². The topological polar surface area (TPSA) is 65.4 Å². The molecule has 0 bridgehead atoms.